The van der Waals surface area contributed by atoms with Crippen molar-refractivity contribution in [1.82, 2.24) is 19.8 Å². The van der Waals surface area contributed by atoms with Crippen LogP contribution in [0.15, 0.2) is 42.9 Å². The predicted octanol–water partition coefficient (Wildman–Crippen LogP) is 2.38. The molecule has 5 rings (SSSR count). The molecule has 2 aliphatic rings. The summed E-state index contributed by atoms with van der Waals surface area (Å²) in [5, 5.41) is 0.907. The largest absolute Gasteiger partial charge is 0.378 e. The minimum absolute atomic E-state index is 0.0272. The van der Waals surface area contributed by atoms with Gasteiger partial charge in [-0.05, 0) is 18.2 Å². The maximum Gasteiger partial charge on any atom is 0.264 e. The van der Waals surface area contributed by atoms with E-state index in [0.29, 0.717) is 56.4 Å². The molecule has 3 aromatic heterocycles. The van der Waals surface area contributed by atoms with Crippen molar-refractivity contribution in [3.05, 3.63) is 58.9 Å². The normalized spacial score (nSPS) is 19.5. The van der Waals surface area contributed by atoms with Gasteiger partial charge in [0, 0.05) is 49.2 Å². The Labute approximate surface area is 183 Å². The average molecular weight is 439 g/mol. The predicted molar refractivity (Wildman–Crippen MR) is 115 cm³/mol. The number of carbonyl (C=O) groups excluding carboxylic acids is 2. The molecule has 2 fully saturated rings. The van der Waals surface area contributed by atoms with E-state index in [1.54, 1.807) is 35.6 Å². The van der Waals surface area contributed by atoms with Gasteiger partial charge < -0.3 is 19.3 Å². The zero-order valence-electron chi connectivity index (χ0n) is 16.9. The van der Waals surface area contributed by atoms with Crippen molar-refractivity contribution >= 4 is 33.4 Å². The molecule has 0 unspecified atom stereocenters. The second-order valence-electron chi connectivity index (χ2n) is 7.46. The quantitative estimate of drug-likeness (QED) is 0.624. The van der Waals surface area contributed by atoms with Crippen LogP contribution in [0, 0.1) is 0 Å². The molecular weight excluding hydrogens is 416 g/mol. The van der Waals surface area contributed by atoms with Crippen LogP contribution in [-0.2, 0) is 9.47 Å². The maximum absolute atomic E-state index is 13.4. The topological polar surface area (TPSA) is 84.9 Å². The molecule has 0 spiro atoms. The summed E-state index contributed by atoms with van der Waals surface area (Å²) in [6.45, 7) is 3.48. The van der Waals surface area contributed by atoms with Crippen LogP contribution in [0.1, 0.15) is 31.7 Å². The third-order valence-corrected chi connectivity index (χ3v) is 6.70. The monoisotopic (exact) mass is 438 g/mol. The van der Waals surface area contributed by atoms with E-state index in [1.165, 1.54) is 11.3 Å². The van der Waals surface area contributed by atoms with Gasteiger partial charge in [0.15, 0.2) is 0 Å². The Bertz CT molecular complexity index is 1100. The van der Waals surface area contributed by atoms with Gasteiger partial charge in [-0.15, -0.1) is 11.3 Å². The molecule has 0 N–H and O–H groups in total. The van der Waals surface area contributed by atoms with Gasteiger partial charge in [-0.1, -0.05) is 6.07 Å². The summed E-state index contributed by atoms with van der Waals surface area (Å²) < 4.78 is 11.5. The van der Waals surface area contributed by atoms with Crippen LogP contribution in [0.25, 0.3) is 10.2 Å². The summed E-state index contributed by atoms with van der Waals surface area (Å²) in [4.78, 5) is 39.9. The second-order valence-corrected chi connectivity index (χ2v) is 8.46. The smallest absolute Gasteiger partial charge is 0.264 e. The first kappa shape index (κ1) is 20.0. The molecule has 9 heteroatoms. The molecule has 0 bridgehead atoms. The molecule has 0 radical (unpaired) electrons. The van der Waals surface area contributed by atoms with Crippen molar-refractivity contribution < 1.29 is 19.1 Å². The molecule has 0 saturated carbocycles. The van der Waals surface area contributed by atoms with Gasteiger partial charge in [-0.2, -0.15) is 0 Å². The summed E-state index contributed by atoms with van der Waals surface area (Å²) in [7, 11) is 0. The average Bonchev–Trinajstić information content (AvgIpc) is 3.24. The van der Waals surface area contributed by atoms with Crippen molar-refractivity contribution in [3.8, 4) is 0 Å². The number of hydrogen-bond donors (Lipinski definition) is 0. The van der Waals surface area contributed by atoms with Gasteiger partial charge in [-0.25, -0.2) is 4.98 Å². The number of morpholine rings is 2. The zero-order valence-corrected chi connectivity index (χ0v) is 17.7. The Morgan fingerprint density at radius 2 is 1.81 bits per heavy atom. The first-order valence-electron chi connectivity index (χ1n) is 10.3. The summed E-state index contributed by atoms with van der Waals surface area (Å²) in [5.74, 6) is -0.110. The van der Waals surface area contributed by atoms with Gasteiger partial charge in [0.2, 0.25) is 0 Å². The molecule has 2 amide bonds. The van der Waals surface area contributed by atoms with Crippen LogP contribution in [0.3, 0.4) is 0 Å². The highest BCUT2D eigenvalue weighted by atomic mass is 32.1. The fraction of sp³-hybridized carbons (Fsp3) is 0.364. The first-order valence-corrected chi connectivity index (χ1v) is 11.1. The molecule has 31 heavy (non-hydrogen) atoms. The third kappa shape index (κ3) is 3.91. The van der Waals surface area contributed by atoms with Crippen molar-refractivity contribution in [3.63, 3.8) is 0 Å². The van der Waals surface area contributed by atoms with E-state index in [2.05, 4.69) is 9.97 Å². The lowest BCUT2D eigenvalue weighted by Gasteiger charge is -2.34. The highest BCUT2D eigenvalue weighted by molar-refractivity contribution is 7.20. The minimum Gasteiger partial charge on any atom is -0.378 e. The fourth-order valence-electron chi connectivity index (χ4n) is 4.02. The lowest BCUT2D eigenvalue weighted by atomic mass is 10.0. The lowest BCUT2D eigenvalue weighted by Crippen LogP contribution is -2.43. The van der Waals surface area contributed by atoms with Gasteiger partial charge in [0.05, 0.1) is 31.9 Å². The number of ether oxygens (including phenoxy) is 2. The number of rotatable bonds is 3. The Morgan fingerprint density at radius 3 is 2.61 bits per heavy atom. The molecule has 8 nitrogen and oxygen atoms in total. The van der Waals surface area contributed by atoms with Crippen LogP contribution in [-0.4, -0.2) is 77.6 Å². The summed E-state index contributed by atoms with van der Waals surface area (Å²) in [6.07, 6.45) is 4.55. The van der Waals surface area contributed by atoms with E-state index in [-0.39, 0.29) is 11.8 Å². The Kier molecular flexibility index (Phi) is 5.63. The van der Waals surface area contributed by atoms with E-state index in [4.69, 9.17) is 9.47 Å². The zero-order chi connectivity index (χ0) is 21.2. The molecule has 2 saturated heterocycles. The number of hydrogen-bond acceptors (Lipinski definition) is 7. The van der Waals surface area contributed by atoms with E-state index in [0.717, 1.165) is 15.8 Å². The lowest BCUT2D eigenvalue weighted by molar-refractivity contribution is -0.0225. The molecule has 1 atom stereocenters. The number of aromatic nitrogens is 2. The standard InChI is InChI=1S/C22H22N4O4S/c27-21(15-3-1-5-23-13-15)26-9-12-30-17(14-26)18-16-4-2-6-24-20(16)31-19(18)22(28)25-7-10-29-11-8-25/h1-6,13,17H,7-12,14H2/t17-/m0/s1. The van der Waals surface area contributed by atoms with Gasteiger partial charge >= 0.3 is 0 Å². The van der Waals surface area contributed by atoms with Crippen molar-refractivity contribution in [1.29, 1.82) is 0 Å². The molecule has 5 heterocycles. The van der Waals surface area contributed by atoms with Crippen LogP contribution < -0.4 is 0 Å². The summed E-state index contributed by atoms with van der Waals surface area (Å²) >= 11 is 1.39. The van der Waals surface area contributed by atoms with Crippen molar-refractivity contribution in [2.75, 3.05) is 46.0 Å². The molecule has 160 valence electrons. The summed E-state index contributed by atoms with van der Waals surface area (Å²) in [5.41, 5.74) is 1.37. The Hall–Kier alpha value is -2.88. The van der Waals surface area contributed by atoms with E-state index >= 15 is 0 Å². The highest BCUT2D eigenvalue weighted by Crippen LogP contribution is 2.38. The SMILES string of the molecule is O=C(c1cccnc1)N1CCO[C@H](c2c(C(=O)N3CCOCC3)sc3ncccc23)C1. The first-order chi connectivity index (χ1) is 15.2. The number of thiophene rings is 1. The van der Waals surface area contributed by atoms with Crippen LogP contribution >= 0.6 is 11.3 Å². The minimum atomic E-state index is -0.396. The molecule has 2 aliphatic heterocycles. The van der Waals surface area contributed by atoms with E-state index < -0.39 is 6.10 Å². The van der Waals surface area contributed by atoms with Crippen LogP contribution in [0.5, 0.6) is 0 Å². The molecule has 3 aromatic rings. The maximum atomic E-state index is 13.4. The highest BCUT2D eigenvalue weighted by Gasteiger charge is 2.33. The van der Waals surface area contributed by atoms with Gasteiger partial charge in [-0.3, -0.25) is 14.6 Å². The third-order valence-electron chi connectivity index (χ3n) is 5.58. The molecule has 0 aromatic carbocycles. The van der Waals surface area contributed by atoms with Crippen molar-refractivity contribution in [2.45, 2.75) is 6.10 Å². The fourth-order valence-corrected chi connectivity index (χ4v) is 5.18. The Morgan fingerprint density at radius 1 is 1.00 bits per heavy atom. The van der Waals surface area contributed by atoms with E-state index in [9.17, 15) is 9.59 Å². The molecule has 0 aliphatic carbocycles. The van der Waals surface area contributed by atoms with Gasteiger partial charge in [0.25, 0.3) is 11.8 Å². The van der Waals surface area contributed by atoms with Crippen LogP contribution in [0.4, 0.5) is 0 Å². The van der Waals surface area contributed by atoms with Gasteiger partial charge in [0.1, 0.15) is 15.8 Å². The number of pyridine rings is 2. The van der Waals surface area contributed by atoms with Crippen LogP contribution in [0.2, 0.25) is 0 Å². The Balaban J connectivity index is 1.48. The number of carbonyl (C=O) groups is 2. The number of nitrogens with zero attached hydrogens (tertiary/aromatic N) is 4. The number of fused-ring (bicyclic) bond motifs is 1. The molecular formula is C22H22N4O4S. The second kappa shape index (κ2) is 8.70. The number of amides is 2. The van der Waals surface area contributed by atoms with E-state index in [1.807, 2.05) is 17.0 Å². The summed E-state index contributed by atoms with van der Waals surface area (Å²) in [6, 6.07) is 7.35. The van der Waals surface area contributed by atoms with Crippen molar-refractivity contribution in [2.24, 2.45) is 0 Å².